The highest BCUT2D eigenvalue weighted by molar-refractivity contribution is 9.10. The van der Waals surface area contributed by atoms with E-state index < -0.39 is 0 Å². The van der Waals surface area contributed by atoms with Crippen molar-refractivity contribution in [3.63, 3.8) is 0 Å². The zero-order valence-electron chi connectivity index (χ0n) is 14.1. The Morgan fingerprint density at radius 3 is 2.58 bits per heavy atom. The third-order valence-electron chi connectivity index (χ3n) is 3.50. The van der Waals surface area contributed by atoms with Gasteiger partial charge in [-0.3, -0.25) is 4.79 Å². The third kappa shape index (κ3) is 4.39. The first-order valence-electron chi connectivity index (χ1n) is 7.64. The molecule has 0 saturated carbocycles. The highest BCUT2D eigenvalue weighted by atomic mass is 79.9. The summed E-state index contributed by atoms with van der Waals surface area (Å²) in [5.41, 5.74) is 2.13. The molecule has 0 radical (unpaired) electrons. The molecule has 1 heterocycles. The molecule has 0 bridgehead atoms. The van der Waals surface area contributed by atoms with Crippen molar-refractivity contribution in [3.8, 4) is 5.75 Å². The number of hydrogen-bond acceptors (Lipinski definition) is 6. The Kier molecular flexibility index (Phi) is 5.85. The van der Waals surface area contributed by atoms with Gasteiger partial charge in [0.1, 0.15) is 5.75 Å². The van der Waals surface area contributed by atoms with Gasteiger partial charge in [0.2, 0.25) is 5.76 Å². The number of amides is 1. The molecule has 6 nitrogen and oxygen atoms in total. The lowest BCUT2D eigenvalue weighted by molar-refractivity contribution is 0.0996. The van der Waals surface area contributed by atoms with E-state index in [1.165, 1.54) is 18.3 Å². The molecule has 0 atom stereocenters. The molecule has 0 aliphatic carbocycles. The normalized spacial score (nSPS) is 10.4. The summed E-state index contributed by atoms with van der Waals surface area (Å²) in [5.74, 6) is 0.554. The van der Waals surface area contributed by atoms with Gasteiger partial charge in [0.25, 0.3) is 5.91 Å². The van der Waals surface area contributed by atoms with Gasteiger partial charge < -0.3 is 19.2 Å². The number of aromatic nitrogens is 1. The third-order valence-corrected chi connectivity index (χ3v) is 4.90. The number of ether oxygens (including phenoxy) is 1. The fraction of sp³-hybridized carbons (Fsp3) is 0.111. The molecule has 0 saturated heterocycles. The van der Waals surface area contributed by atoms with Crippen molar-refractivity contribution in [1.82, 2.24) is 4.98 Å². The number of halogens is 1. The number of oxazole rings is 1. The molecule has 0 aliphatic rings. The summed E-state index contributed by atoms with van der Waals surface area (Å²) in [5, 5.41) is 2.81. The first-order valence-corrected chi connectivity index (χ1v) is 9.25. The quantitative estimate of drug-likeness (QED) is 0.524. The molecule has 3 aromatic rings. The molecular formula is C18H16BrN3O3S. The number of hydrogen-bond donors (Lipinski definition) is 2. The molecule has 0 spiro atoms. The minimum absolute atomic E-state index is 0.197. The minimum atomic E-state index is -0.345. The zero-order valence-corrected chi connectivity index (χ0v) is 16.5. The van der Waals surface area contributed by atoms with E-state index in [9.17, 15) is 4.79 Å². The van der Waals surface area contributed by atoms with Gasteiger partial charge in [0.05, 0.1) is 17.7 Å². The lowest BCUT2D eigenvalue weighted by Crippen LogP contribution is -2.12. The van der Waals surface area contributed by atoms with Crippen LogP contribution >= 0.6 is 27.9 Å². The van der Waals surface area contributed by atoms with Crippen molar-refractivity contribution in [2.24, 2.45) is 0 Å². The maximum Gasteiger partial charge on any atom is 0.293 e. The molecule has 3 rings (SSSR count). The highest BCUT2D eigenvalue weighted by Crippen LogP contribution is 2.33. The van der Waals surface area contributed by atoms with Crippen LogP contribution in [-0.4, -0.2) is 18.0 Å². The Labute approximate surface area is 163 Å². The fourth-order valence-electron chi connectivity index (χ4n) is 2.17. The second-order valence-corrected chi connectivity index (χ2v) is 7.06. The Morgan fingerprint density at radius 1 is 1.19 bits per heavy atom. The van der Waals surface area contributed by atoms with Crippen LogP contribution in [0.2, 0.25) is 0 Å². The molecule has 134 valence electrons. The van der Waals surface area contributed by atoms with Gasteiger partial charge in [0, 0.05) is 15.8 Å². The molecule has 2 N–H and O–H groups in total. The summed E-state index contributed by atoms with van der Waals surface area (Å²) in [6, 6.07) is 13.2. The number of nitrogens with one attached hydrogen (secondary N) is 2. The van der Waals surface area contributed by atoms with Crippen molar-refractivity contribution in [3.05, 3.63) is 64.8 Å². The van der Waals surface area contributed by atoms with Crippen molar-refractivity contribution in [1.29, 1.82) is 0 Å². The molecule has 1 amide bonds. The highest BCUT2D eigenvalue weighted by Gasteiger charge is 2.15. The van der Waals surface area contributed by atoms with Gasteiger partial charge >= 0.3 is 0 Å². The lowest BCUT2D eigenvalue weighted by atomic mass is 10.3. The standard InChI is InChI=1S/C18H16BrN3O3S/c1-11-17(25-10-20-11)18(23)21-14-7-8-15(24-2)16(9-14)26-22-13-5-3-12(19)4-6-13/h3-10,22H,1-2H3,(H,21,23). The van der Waals surface area contributed by atoms with E-state index in [4.69, 9.17) is 9.15 Å². The average Bonchev–Trinajstić information content (AvgIpc) is 3.07. The topological polar surface area (TPSA) is 76.4 Å². The van der Waals surface area contributed by atoms with Crippen molar-refractivity contribution < 1.29 is 13.9 Å². The van der Waals surface area contributed by atoms with Crippen molar-refractivity contribution in [2.75, 3.05) is 17.1 Å². The van der Waals surface area contributed by atoms with Crippen LogP contribution in [0.5, 0.6) is 5.75 Å². The van der Waals surface area contributed by atoms with Crippen LogP contribution in [0.15, 0.2) is 62.6 Å². The van der Waals surface area contributed by atoms with Gasteiger partial charge in [-0.1, -0.05) is 15.9 Å². The van der Waals surface area contributed by atoms with Gasteiger partial charge in [-0.15, -0.1) is 0 Å². The zero-order chi connectivity index (χ0) is 18.5. The van der Waals surface area contributed by atoms with Gasteiger partial charge in [-0.05, 0) is 61.3 Å². The maximum absolute atomic E-state index is 12.3. The molecule has 0 unspecified atom stereocenters. The molecular weight excluding hydrogens is 418 g/mol. The van der Waals surface area contributed by atoms with Gasteiger partial charge in [0.15, 0.2) is 6.39 Å². The number of benzene rings is 2. The molecule has 0 aliphatic heterocycles. The first kappa shape index (κ1) is 18.3. The van der Waals surface area contributed by atoms with Crippen LogP contribution in [0.4, 0.5) is 11.4 Å². The van der Waals surface area contributed by atoms with Crippen LogP contribution in [0.25, 0.3) is 0 Å². The molecule has 0 fully saturated rings. The van der Waals surface area contributed by atoms with E-state index in [0.717, 1.165) is 15.1 Å². The predicted molar refractivity (Wildman–Crippen MR) is 106 cm³/mol. The summed E-state index contributed by atoms with van der Waals surface area (Å²) >= 11 is 4.81. The van der Waals surface area contributed by atoms with Crippen LogP contribution in [0, 0.1) is 6.92 Å². The minimum Gasteiger partial charge on any atom is -0.496 e. The lowest BCUT2D eigenvalue weighted by Gasteiger charge is -2.12. The van der Waals surface area contributed by atoms with E-state index in [1.807, 2.05) is 30.3 Å². The van der Waals surface area contributed by atoms with Crippen LogP contribution < -0.4 is 14.8 Å². The Bertz CT molecular complexity index is 912. The molecule has 26 heavy (non-hydrogen) atoms. The van der Waals surface area contributed by atoms with Gasteiger partial charge in [-0.2, -0.15) is 0 Å². The monoisotopic (exact) mass is 433 g/mol. The SMILES string of the molecule is COc1ccc(NC(=O)c2ocnc2C)cc1SNc1ccc(Br)cc1. The fourth-order valence-corrected chi connectivity index (χ4v) is 3.24. The summed E-state index contributed by atoms with van der Waals surface area (Å²) in [6.45, 7) is 1.72. The number of rotatable bonds is 6. The van der Waals surface area contributed by atoms with E-state index in [-0.39, 0.29) is 11.7 Å². The average molecular weight is 434 g/mol. The number of aryl methyl sites for hydroxylation is 1. The summed E-state index contributed by atoms with van der Waals surface area (Å²) in [7, 11) is 1.61. The number of carbonyl (C=O) groups excluding carboxylic acids is 1. The molecule has 8 heteroatoms. The van der Waals surface area contributed by atoms with Crippen molar-refractivity contribution >= 4 is 45.2 Å². The summed E-state index contributed by atoms with van der Waals surface area (Å²) in [4.78, 5) is 17.0. The largest absolute Gasteiger partial charge is 0.496 e. The second kappa shape index (κ2) is 8.29. The smallest absolute Gasteiger partial charge is 0.293 e. The number of carbonyl (C=O) groups is 1. The van der Waals surface area contributed by atoms with Crippen LogP contribution in [0.1, 0.15) is 16.2 Å². The number of anilines is 2. The van der Waals surface area contributed by atoms with E-state index in [1.54, 1.807) is 26.2 Å². The molecule has 1 aromatic heterocycles. The number of methoxy groups -OCH3 is 1. The summed E-state index contributed by atoms with van der Waals surface area (Å²) in [6.07, 6.45) is 1.25. The summed E-state index contributed by atoms with van der Waals surface area (Å²) < 4.78 is 14.8. The van der Waals surface area contributed by atoms with Gasteiger partial charge in [-0.25, -0.2) is 4.98 Å². The van der Waals surface area contributed by atoms with E-state index in [0.29, 0.717) is 17.1 Å². The van der Waals surface area contributed by atoms with Crippen LogP contribution in [0.3, 0.4) is 0 Å². The van der Waals surface area contributed by atoms with E-state index in [2.05, 4.69) is 31.0 Å². The maximum atomic E-state index is 12.3. The predicted octanol–water partition coefficient (Wildman–Crippen LogP) is 5.13. The Balaban J connectivity index is 1.74. The first-order chi connectivity index (χ1) is 12.6. The number of nitrogens with zero attached hydrogens (tertiary/aromatic N) is 1. The Morgan fingerprint density at radius 2 is 1.92 bits per heavy atom. The van der Waals surface area contributed by atoms with Crippen LogP contribution in [-0.2, 0) is 0 Å². The second-order valence-electron chi connectivity index (χ2n) is 5.30. The van der Waals surface area contributed by atoms with Crippen molar-refractivity contribution in [2.45, 2.75) is 11.8 Å². The Hall–Kier alpha value is -2.45. The molecule has 2 aromatic carbocycles. The van der Waals surface area contributed by atoms with E-state index >= 15 is 0 Å².